The third-order valence-electron chi connectivity index (χ3n) is 5.72. The van der Waals surface area contributed by atoms with Crippen LogP contribution in [0.3, 0.4) is 0 Å². The number of hydrogen-bond acceptors (Lipinski definition) is 6. The molecule has 10 heteroatoms. The number of benzene rings is 2. The van der Waals surface area contributed by atoms with Gasteiger partial charge in [0.2, 0.25) is 5.28 Å². The molecule has 6 nitrogen and oxygen atoms in total. The molecular formula is C23H16Cl2F2N6. The second kappa shape index (κ2) is 8.67. The lowest BCUT2D eigenvalue weighted by Crippen LogP contribution is -2.51. The number of rotatable bonds is 3. The van der Waals surface area contributed by atoms with Crippen molar-refractivity contribution in [1.29, 1.82) is 5.26 Å². The summed E-state index contributed by atoms with van der Waals surface area (Å²) < 4.78 is 30.0. The molecule has 2 aromatic heterocycles. The monoisotopic (exact) mass is 484 g/mol. The van der Waals surface area contributed by atoms with Crippen LogP contribution in [-0.2, 0) is 0 Å². The van der Waals surface area contributed by atoms with Crippen LogP contribution in [0.25, 0.3) is 32.9 Å². The first kappa shape index (κ1) is 21.7. The van der Waals surface area contributed by atoms with Gasteiger partial charge >= 0.3 is 0 Å². The number of piperazine rings is 1. The van der Waals surface area contributed by atoms with Crippen molar-refractivity contribution in [1.82, 2.24) is 20.3 Å². The smallest absolute Gasteiger partial charge is 0.225 e. The van der Waals surface area contributed by atoms with E-state index in [4.69, 9.17) is 28.5 Å². The van der Waals surface area contributed by atoms with Gasteiger partial charge in [-0.15, -0.1) is 0 Å². The van der Waals surface area contributed by atoms with Crippen LogP contribution in [-0.4, -0.2) is 40.6 Å². The molecular weight excluding hydrogens is 469 g/mol. The number of anilines is 1. The van der Waals surface area contributed by atoms with E-state index in [1.165, 1.54) is 12.3 Å². The van der Waals surface area contributed by atoms with Gasteiger partial charge in [0.15, 0.2) is 5.82 Å². The van der Waals surface area contributed by atoms with Gasteiger partial charge in [0.05, 0.1) is 22.9 Å². The zero-order valence-corrected chi connectivity index (χ0v) is 18.6. The normalized spacial score (nSPS) is 16.3. The van der Waals surface area contributed by atoms with Crippen LogP contribution in [0.4, 0.5) is 14.6 Å². The summed E-state index contributed by atoms with van der Waals surface area (Å²) in [7, 11) is 0. The number of nitrogens with one attached hydrogen (secondary N) is 1. The second-order valence-corrected chi connectivity index (χ2v) is 8.44. The number of aromatic nitrogens is 3. The van der Waals surface area contributed by atoms with Crippen LogP contribution in [0, 0.1) is 23.0 Å². The van der Waals surface area contributed by atoms with Crippen molar-refractivity contribution in [2.24, 2.45) is 0 Å². The molecule has 1 aliphatic heterocycles. The molecule has 2 aromatic carbocycles. The first-order valence-electron chi connectivity index (χ1n) is 10.2. The van der Waals surface area contributed by atoms with Gasteiger partial charge < -0.3 is 10.2 Å². The summed E-state index contributed by atoms with van der Waals surface area (Å²) in [6, 6.07) is 10.1. The lowest BCUT2D eigenvalue weighted by molar-refractivity contribution is 0.461. The number of nitriles is 1. The molecule has 1 atom stereocenters. The number of fused-ring (bicyclic) bond motifs is 2. The second-order valence-electron chi connectivity index (χ2n) is 7.72. The van der Waals surface area contributed by atoms with Gasteiger partial charge in [-0.2, -0.15) is 10.2 Å². The van der Waals surface area contributed by atoms with Crippen LogP contribution >= 0.6 is 23.2 Å². The van der Waals surface area contributed by atoms with E-state index < -0.39 is 11.6 Å². The maximum absolute atomic E-state index is 15.8. The van der Waals surface area contributed by atoms with Gasteiger partial charge in [0.25, 0.3) is 0 Å². The average Bonchev–Trinajstić information content (AvgIpc) is 2.82. The van der Waals surface area contributed by atoms with Gasteiger partial charge in [0.1, 0.15) is 22.8 Å². The molecule has 1 saturated heterocycles. The number of halogens is 4. The van der Waals surface area contributed by atoms with E-state index in [-0.39, 0.29) is 27.6 Å². The molecule has 1 N–H and O–H groups in total. The molecule has 1 fully saturated rings. The largest absolute Gasteiger partial charge is 0.353 e. The Hall–Kier alpha value is -3.12. The summed E-state index contributed by atoms with van der Waals surface area (Å²) in [6.07, 6.45) is 1.83. The Morgan fingerprint density at radius 1 is 1.18 bits per heavy atom. The van der Waals surface area contributed by atoms with Crippen LogP contribution < -0.4 is 10.2 Å². The topological polar surface area (TPSA) is 77.7 Å². The number of pyridine rings is 1. The molecule has 33 heavy (non-hydrogen) atoms. The number of nitrogens with zero attached hydrogens (tertiary/aromatic N) is 5. The zero-order valence-electron chi connectivity index (χ0n) is 17.1. The molecule has 0 aliphatic carbocycles. The van der Waals surface area contributed by atoms with Crippen molar-refractivity contribution < 1.29 is 8.78 Å². The first-order valence-corrected chi connectivity index (χ1v) is 11.0. The summed E-state index contributed by atoms with van der Waals surface area (Å²) in [6.45, 7) is 1.76. The lowest BCUT2D eigenvalue weighted by Gasteiger charge is -2.34. The van der Waals surface area contributed by atoms with E-state index in [1.807, 2.05) is 4.90 Å². The quantitative estimate of drug-likeness (QED) is 0.406. The van der Waals surface area contributed by atoms with Crippen molar-refractivity contribution in [2.75, 3.05) is 24.5 Å². The third kappa shape index (κ3) is 3.82. The highest BCUT2D eigenvalue weighted by Crippen LogP contribution is 2.38. The Morgan fingerprint density at radius 2 is 2.03 bits per heavy atom. The molecule has 1 aliphatic rings. The van der Waals surface area contributed by atoms with Crippen molar-refractivity contribution >= 4 is 50.7 Å². The molecule has 3 heterocycles. The van der Waals surface area contributed by atoms with Gasteiger partial charge in [-0.05, 0) is 23.1 Å². The fraction of sp³-hybridized carbons (Fsp3) is 0.217. The molecule has 0 amide bonds. The molecule has 4 aromatic rings. The van der Waals surface area contributed by atoms with Crippen LogP contribution in [0.1, 0.15) is 6.42 Å². The third-order valence-corrected chi connectivity index (χ3v) is 6.26. The Bertz CT molecular complexity index is 1440. The van der Waals surface area contributed by atoms with Crippen LogP contribution in [0.5, 0.6) is 0 Å². The molecule has 5 rings (SSSR count). The summed E-state index contributed by atoms with van der Waals surface area (Å²) in [4.78, 5) is 14.8. The van der Waals surface area contributed by atoms with Crippen LogP contribution in [0.15, 0.2) is 36.5 Å². The predicted molar refractivity (Wildman–Crippen MR) is 124 cm³/mol. The Morgan fingerprint density at radius 3 is 2.85 bits per heavy atom. The van der Waals surface area contributed by atoms with Crippen LogP contribution in [0.2, 0.25) is 10.3 Å². The summed E-state index contributed by atoms with van der Waals surface area (Å²) in [5.74, 6) is -0.847. The minimum Gasteiger partial charge on any atom is -0.353 e. The summed E-state index contributed by atoms with van der Waals surface area (Å²) in [5.41, 5.74) is 0.350. The predicted octanol–water partition coefficient (Wildman–Crippen LogP) is 5.12. The molecule has 0 spiro atoms. The minimum absolute atomic E-state index is 0.00916. The Labute approximate surface area is 197 Å². The summed E-state index contributed by atoms with van der Waals surface area (Å²) in [5, 5.41) is 13.5. The number of hydrogen-bond donors (Lipinski definition) is 1. The molecule has 0 unspecified atom stereocenters. The molecule has 166 valence electrons. The van der Waals surface area contributed by atoms with Gasteiger partial charge in [-0.3, -0.25) is 4.98 Å². The maximum atomic E-state index is 15.8. The molecule has 0 radical (unpaired) electrons. The van der Waals surface area contributed by atoms with Gasteiger partial charge in [0, 0.05) is 42.8 Å². The molecule has 0 bridgehead atoms. The highest BCUT2D eigenvalue weighted by molar-refractivity contribution is 6.36. The van der Waals surface area contributed by atoms with E-state index in [1.54, 1.807) is 24.3 Å². The van der Waals surface area contributed by atoms with E-state index in [0.717, 1.165) is 0 Å². The first-order chi connectivity index (χ1) is 16.0. The van der Waals surface area contributed by atoms with E-state index >= 15 is 4.39 Å². The standard InChI is InChI=1S/C23H16Cl2F2N6/c24-18-16(26)5-4-12-2-1-3-14(17(12)18)20-19(27)21-15(10-30-20)22(32-23(25)31-21)33-9-8-29-13(11-33)6-7-28/h1-5,10,13,29H,6,8-9,11H2/t13-/m0/s1. The SMILES string of the molecule is N#CC[C@H]1CN(c2nc(Cl)nc3c(F)c(-c4cccc5ccc(F)c(Cl)c45)ncc23)CCN1. The zero-order chi connectivity index (χ0) is 23.1. The van der Waals surface area contributed by atoms with Crippen molar-refractivity contribution in [3.8, 4) is 17.3 Å². The Balaban J connectivity index is 1.68. The highest BCUT2D eigenvalue weighted by Gasteiger charge is 2.25. The van der Waals surface area contributed by atoms with E-state index in [9.17, 15) is 4.39 Å². The lowest BCUT2D eigenvalue weighted by atomic mass is 10.0. The summed E-state index contributed by atoms with van der Waals surface area (Å²) >= 11 is 12.4. The van der Waals surface area contributed by atoms with Gasteiger partial charge in [-0.1, -0.05) is 35.9 Å². The van der Waals surface area contributed by atoms with Gasteiger partial charge in [-0.25, -0.2) is 13.8 Å². The fourth-order valence-electron chi connectivity index (χ4n) is 4.22. The van der Waals surface area contributed by atoms with Crippen molar-refractivity contribution in [3.63, 3.8) is 0 Å². The van der Waals surface area contributed by atoms with Crippen molar-refractivity contribution in [3.05, 3.63) is 58.5 Å². The average molecular weight is 485 g/mol. The minimum atomic E-state index is -0.699. The fourth-order valence-corrected chi connectivity index (χ4v) is 4.65. The van der Waals surface area contributed by atoms with E-state index in [0.29, 0.717) is 53.6 Å². The molecule has 0 saturated carbocycles. The highest BCUT2D eigenvalue weighted by atomic mass is 35.5. The van der Waals surface area contributed by atoms with E-state index in [2.05, 4.69) is 26.3 Å². The maximum Gasteiger partial charge on any atom is 0.225 e. The van der Waals surface area contributed by atoms with Crippen molar-refractivity contribution in [2.45, 2.75) is 12.5 Å². The Kier molecular flexibility index (Phi) is 5.71.